The van der Waals surface area contributed by atoms with Crippen molar-refractivity contribution in [2.45, 2.75) is 11.5 Å². The maximum absolute atomic E-state index is 12.8. The smallest absolute Gasteiger partial charge is 0.415 e. The molecule has 0 aromatic carbocycles. The Balaban J connectivity index is 2.36. The van der Waals surface area contributed by atoms with Gasteiger partial charge in [0, 0.05) is 0 Å². The van der Waals surface area contributed by atoms with Gasteiger partial charge in [-0.25, -0.2) is 10.1 Å². The molecular formula is C6H8F2O7S. The average Bonchev–Trinajstić information content (AvgIpc) is 2.28. The fourth-order valence-corrected chi connectivity index (χ4v) is 1.05. The number of carbonyl (C=O) groups is 1. The van der Waals surface area contributed by atoms with Gasteiger partial charge in [0.05, 0.1) is 13.2 Å². The summed E-state index contributed by atoms with van der Waals surface area (Å²) in [6.07, 6.45) is -1.18. The quantitative estimate of drug-likeness (QED) is 0.333. The zero-order valence-corrected chi connectivity index (χ0v) is 8.58. The van der Waals surface area contributed by atoms with Crippen molar-refractivity contribution in [1.29, 1.82) is 0 Å². The zero-order valence-electron chi connectivity index (χ0n) is 7.76. The van der Waals surface area contributed by atoms with Crippen LogP contribution in [0.1, 0.15) is 0 Å². The molecule has 1 N–H and O–H groups in total. The SMILES string of the molecule is O=C(OC1COCCO1)C(F)(F)SOOO. The van der Waals surface area contributed by atoms with E-state index in [0.29, 0.717) is 6.61 Å². The Bertz CT molecular complexity index is 233. The van der Waals surface area contributed by atoms with E-state index in [1.807, 2.05) is 0 Å². The molecule has 0 aliphatic carbocycles. The summed E-state index contributed by atoms with van der Waals surface area (Å²) in [6, 6.07) is 0. The molecule has 0 radical (unpaired) electrons. The van der Waals surface area contributed by atoms with E-state index in [0.717, 1.165) is 0 Å². The van der Waals surface area contributed by atoms with Gasteiger partial charge in [0.1, 0.15) is 18.6 Å². The van der Waals surface area contributed by atoms with Crippen LogP contribution in [0.4, 0.5) is 8.78 Å². The summed E-state index contributed by atoms with van der Waals surface area (Å²) < 4.78 is 43.1. The Hall–Kier alpha value is -0.520. The van der Waals surface area contributed by atoms with E-state index in [1.165, 1.54) is 0 Å². The maximum atomic E-state index is 12.8. The summed E-state index contributed by atoms with van der Waals surface area (Å²) in [5.41, 5.74) is 0. The number of ether oxygens (including phenoxy) is 3. The van der Waals surface area contributed by atoms with Crippen LogP contribution in [0.25, 0.3) is 0 Å². The molecule has 10 heteroatoms. The first-order valence-corrected chi connectivity index (χ1v) is 4.74. The third-order valence-electron chi connectivity index (χ3n) is 1.43. The third kappa shape index (κ3) is 4.15. The van der Waals surface area contributed by atoms with Crippen molar-refractivity contribution >= 4 is 18.0 Å². The molecule has 1 aliphatic rings. The molecule has 0 bridgehead atoms. The molecule has 0 saturated carbocycles. The van der Waals surface area contributed by atoms with Crippen LogP contribution in [0.3, 0.4) is 0 Å². The average molecular weight is 262 g/mol. The Morgan fingerprint density at radius 2 is 2.25 bits per heavy atom. The van der Waals surface area contributed by atoms with Gasteiger partial charge < -0.3 is 14.2 Å². The molecule has 7 nitrogen and oxygen atoms in total. The first kappa shape index (κ1) is 13.5. The Kier molecular flexibility index (Phi) is 5.31. The largest absolute Gasteiger partial charge is 0.428 e. The molecule has 1 heterocycles. The van der Waals surface area contributed by atoms with Crippen LogP contribution in [0.15, 0.2) is 0 Å². The van der Waals surface area contributed by atoms with Gasteiger partial charge in [-0.1, -0.05) is 5.04 Å². The number of carbonyl (C=O) groups excluding carboxylic acids is 1. The van der Waals surface area contributed by atoms with E-state index in [9.17, 15) is 13.6 Å². The van der Waals surface area contributed by atoms with Crippen LogP contribution in [0.2, 0.25) is 0 Å². The van der Waals surface area contributed by atoms with Crippen molar-refractivity contribution in [3.63, 3.8) is 0 Å². The van der Waals surface area contributed by atoms with Crippen LogP contribution >= 0.6 is 12.0 Å². The van der Waals surface area contributed by atoms with E-state index < -0.39 is 29.6 Å². The fourth-order valence-electron chi connectivity index (χ4n) is 0.814. The first-order valence-electron chi connectivity index (χ1n) is 4.00. The van der Waals surface area contributed by atoms with Crippen molar-refractivity contribution in [2.24, 2.45) is 0 Å². The van der Waals surface area contributed by atoms with Gasteiger partial charge >= 0.3 is 11.2 Å². The van der Waals surface area contributed by atoms with Gasteiger partial charge in [-0.05, 0) is 0 Å². The monoisotopic (exact) mass is 262 g/mol. The number of alkyl halides is 2. The highest BCUT2D eigenvalue weighted by Gasteiger charge is 2.45. The van der Waals surface area contributed by atoms with Crippen molar-refractivity contribution in [3.05, 3.63) is 0 Å². The molecule has 0 spiro atoms. The lowest BCUT2D eigenvalue weighted by atomic mass is 10.6. The lowest BCUT2D eigenvalue weighted by Crippen LogP contribution is -2.37. The Morgan fingerprint density at radius 3 is 2.81 bits per heavy atom. The second kappa shape index (κ2) is 6.27. The van der Waals surface area contributed by atoms with E-state index in [1.54, 1.807) is 0 Å². The lowest BCUT2D eigenvalue weighted by Gasteiger charge is -2.23. The van der Waals surface area contributed by atoms with Gasteiger partial charge in [0.25, 0.3) is 0 Å². The van der Waals surface area contributed by atoms with E-state index >= 15 is 0 Å². The summed E-state index contributed by atoms with van der Waals surface area (Å²) >= 11 is -0.701. The predicted octanol–water partition coefficient (Wildman–Crippen LogP) is 0.565. The fraction of sp³-hybridized carbons (Fsp3) is 0.833. The molecule has 0 amide bonds. The first-order chi connectivity index (χ1) is 7.56. The van der Waals surface area contributed by atoms with Gasteiger partial charge in [0.15, 0.2) is 0 Å². The second-order valence-corrected chi connectivity index (χ2v) is 3.34. The number of hydrogen-bond acceptors (Lipinski definition) is 8. The highest BCUT2D eigenvalue weighted by molar-refractivity contribution is 7.96. The molecule has 1 fully saturated rings. The van der Waals surface area contributed by atoms with Crippen molar-refractivity contribution in [3.8, 4) is 0 Å². The summed E-state index contributed by atoms with van der Waals surface area (Å²) in [6.45, 7) is 0.331. The highest BCUT2D eigenvalue weighted by atomic mass is 32.2. The third-order valence-corrected chi connectivity index (χ3v) is 1.94. The number of rotatable bonds is 5. The van der Waals surface area contributed by atoms with Crippen LogP contribution in [0.5, 0.6) is 0 Å². The summed E-state index contributed by atoms with van der Waals surface area (Å²) in [4.78, 5) is 10.9. The van der Waals surface area contributed by atoms with Gasteiger partial charge in [-0.15, -0.1) is 4.33 Å². The molecule has 1 saturated heterocycles. The van der Waals surface area contributed by atoms with Crippen LogP contribution in [-0.4, -0.2) is 42.6 Å². The van der Waals surface area contributed by atoms with Crippen LogP contribution in [-0.2, 0) is 28.4 Å². The molecule has 1 unspecified atom stereocenters. The minimum absolute atomic E-state index is 0.121. The van der Waals surface area contributed by atoms with Crippen molar-refractivity contribution < 1.29 is 42.4 Å². The van der Waals surface area contributed by atoms with E-state index in [2.05, 4.69) is 14.1 Å². The summed E-state index contributed by atoms with van der Waals surface area (Å²) in [5.74, 6) is -1.88. The molecule has 16 heavy (non-hydrogen) atoms. The zero-order chi connectivity index (χ0) is 12.0. The molecule has 1 atom stereocenters. The van der Waals surface area contributed by atoms with Crippen LogP contribution in [0, 0.1) is 0 Å². The Morgan fingerprint density at radius 1 is 1.50 bits per heavy atom. The molecule has 94 valence electrons. The molecule has 0 aromatic heterocycles. The topological polar surface area (TPSA) is 83.5 Å². The number of hydrogen-bond donors (Lipinski definition) is 1. The van der Waals surface area contributed by atoms with Gasteiger partial charge in [0.2, 0.25) is 6.29 Å². The molecule has 1 rings (SSSR count). The van der Waals surface area contributed by atoms with E-state index in [-0.39, 0.29) is 13.2 Å². The molecular weight excluding hydrogens is 254 g/mol. The number of halogens is 2. The van der Waals surface area contributed by atoms with Gasteiger partial charge in [-0.3, -0.25) is 0 Å². The molecule has 1 aliphatic heterocycles. The molecule has 0 aromatic rings. The summed E-state index contributed by atoms with van der Waals surface area (Å²) in [7, 11) is 0. The summed E-state index contributed by atoms with van der Waals surface area (Å²) in [5, 5.41) is 6.57. The lowest BCUT2D eigenvalue weighted by molar-refractivity contribution is -0.433. The van der Waals surface area contributed by atoms with Gasteiger partial charge in [-0.2, -0.15) is 8.78 Å². The second-order valence-electron chi connectivity index (χ2n) is 2.52. The predicted molar refractivity (Wildman–Crippen MR) is 44.0 cm³/mol. The van der Waals surface area contributed by atoms with Crippen LogP contribution < -0.4 is 0 Å². The minimum Gasteiger partial charge on any atom is -0.428 e. The number of esters is 1. The van der Waals surface area contributed by atoms with E-state index in [4.69, 9.17) is 14.7 Å². The van der Waals surface area contributed by atoms with Crippen molar-refractivity contribution in [1.82, 2.24) is 0 Å². The standard InChI is InChI=1S/C6H8F2O7S/c7-6(8,16-15-14-10)5(9)13-4-3-11-1-2-12-4/h4,10H,1-3H2. The maximum Gasteiger partial charge on any atom is 0.415 e. The normalized spacial score (nSPS) is 21.8. The minimum atomic E-state index is -4.02. The Labute approximate surface area is 92.6 Å². The van der Waals surface area contributed by atoms with Crippen molar-refractivity contribution in [2.75, 3.05) is 19.8 Å². The highest BCUT2D eigenvalue weighted by Crippen LogP contribution is 2.31.